The maximum absolute atomic E-state index is 12.5. The molecule has 23 heavy (non-hydrogen) atoms. The number of rotatable bonds is 5. The molecule has 0 aliphatic carbocycles. The first kappa shape index (κ1) is 17.2. The van der Waals surface area contributed by atoms with Gasteiger partial charge < -0.3 is 14.3 Å². The standard InChI is InChI=1S/C16H17BrN2O4/c1-4-23-16(22)14-9(2)15(18-10(14)3)12(20)8-19-7-11(17)5-6-13(19)21/h5-7,18H,4,8H2,1-3H3. The maximum atomic E-state index is 12.5. The van der Waals surface area contributed by atoms with Crippen molar-refractivity contribution in [1.29, 1.82) is 0 Å². The van der Waals surface area contributed by atoms with E-state index in [9.17, 15) is 14.4 Å². The van der Waals surface area contributed by atoms with Crippen LogP contribution in [-0.2, 0) is 11.3 Å². The maximum Gasteiger partial charge on any atom is 0.340 e. The van der Waals surface area contributed by atoms with E-state index in [0.29, 0.717) is 27.0 Å². The number of aromatic amines is 1. The number of aryl methyl sites for hydroxylation is 1. The summed E-state index contributed by atoms with van der Waals surface area (Å²) in [5.74, 6) is -0.737. The summed E-state index contributed by atoms with van der Waals surface area (Å²) >= 11 is 3.27. The van der Waals surface area contributed by atoms with Crippen LogP contribution >= 0.6 is 15.9 Å². The second-order valence-electron chi connectivity index (χ2n) is 5.08. The zero-order valence-corrected chi connectivity index (χ0v) is 14.7. The zero-order chi connectivity index (χ0) is 17.1. The number of halogens is 1. The molecule has 0 amide bonds. The highest BCUT2D eigenvalue weighted by Crippen LogP contribution is 2.20. The quantitative estimate of drug-likeness (QED) is 0.638. The summed E-state index contributed by atoms with van der Waals surface area (Å²) in [7, 11) is 0. The Hall–Kier alpha value is -2.15. The Morgan fingerprint density at radius 1 is 1.30 bits per heavy atom. The highest BCUT2D eigenvalue weighted by molar-refractivity contribution is 9.10. The van der Waals surface area contributed by atoms with Crippen molar-refractivity contribution in [3.8, 4) is 0 Å². The van der Waals surface area contributed by atoms with Crippen LogP contribution in [0.3, 0.4) is 0 Å². The Morgan fingerprint density at radius 3 is 2.65 bits per heavy atom. The number of Topliss-reactive ketones (excluding diaryl/α,β-unsaturated/α-hetero) is 1. The van der Waals surface area contributed by atoms with Crippen LogP contribution in [0.4, 0.5) is 0 Å². The third-order valence-corrected chi connectivity index (χ3v) is 3.93. The van der Waals surface area contributed by atoms with Gasteiger partial charge in [-0.3, -0.25) is 9.59 Å². The Labute approximate surface area is 141 Å². The highest BCUT2D eigenvalue weighted by atomic mass is 79.9. The van der Waals surface area contributed by atoms with E-state index in [-0.39, 0.29) is 24.5 Å². The minimum Gasteiger partial charge on any atom is -0.462 e. The molecule has 1 N–H and O–H groups in total. The van der Waals surface area contributed by atoms with E-state index in [1.807, 2.05) is 0 Å². The largest absolute Gasteiger partial charge is 0.462 e. The van der Waals surface area contributed by atoms with Crippen LogP contribution in [0.1, 0.15) is 39.0 Å². The van der Waals surface area contributed by atoms with E-state index in [2.05, 4.69) is 20.9 Å². The second-order valence-corrected chi connectivity index (χ2v) is 6.00. The third-order valence-electron chi connectivity index (χ3n) is 3.46. The molecular weight excluding hydrogens is 364 g/mol. The Bertz CT molecular complexity index is 820. The van der Waals surface area contributed by atoms with E-state index < -0.39 is 5.97 Å². The molecule has 2 rings (SSSR count). The molecule has 0 aliphatic heterocycles. The van der Waals surface area contributed by atoms with Gasteiger partial charge in [-0.1, -0.05) is 0 Å². The molecule has 2 aromatic rings. The molecule has 0 saturated heterocycles. The Balaban J connectivity index is 2.34. The average molecular weight is 381 g/mol. The fraction of sp³-hybridized carbons (Fsp3) is 0.312. The number of nitrogens with zero attached hydrogens (tertiary/aromatic N) is 1. The van der Waals surface area contributed by atoms with Crippen molar-refractivity contribution in [3.63, 3.8) is 0 Å². The smallest absolute Gasteiger partial charge is 0.340 e. The molecule has 0 bridgehead atoms. The predicted molar refractivity (Wildman–Crippen MR) is 89.0 cm³/mol. The van der Waals surface area contributed by atoms with Gasteiger partial charge in [0.2, 0.25) is 0 Å². The van der Waals surface area contributed by atoms with Crippen molar-refractivity contribution in [3.05, 3.63) is 55.7 Å². The molecule has 2 heterocycles. The molecule has 0 aromatic carbocycles. The van der Waals surface area contributed by atoms with Crippen LogP contribution in [0.25, 0.3) is 0 Å². The van der Waals surface area contributed by atoms with Gasteiger partial charge >= 0.3 is 5.97 Å². The molecule has 0 unspecified atom stereocenters. The van der Waals surface area contributed by atoms with Gasteiger partial charge in [-0.2, -0.15) is 0 Å². The lowest BCUT2D eigenvalue weighted by molar-refractivity contribution is 0.0525. The van der Waals surface area contributed by atoms with Crippen LogP contribution in [0.5, 0.6) is 0 Å². The molecule has 6 nitrogen and oxygen atoms in total. The van der Waals surface area contributed by atoms with Crippen LogP contribution in [0.2, 0.25) is 0 Å². The van der Waals surface area contributed by atoms with Crippen molar-refractivity contribution < 1.29 is 14.3 Å². The summed E-state index contributed by atoms with van der Waals surface area (Å²) in [5.41, 5.74) is 1.53. The van der Waals surface area contributed by atoms with E-state index in [0.717, 1.165) is 0 Å². The fourth-order valence-electron chi connectivity index (χ4n) is 2.40. The summed E-state index contributed by atoms with van der Waals surface area (Å²) in [6.07, 6.45) is 1.55. The second kappa shape index (κ2) is 6.95. The van der Waals surface area contributed by atoms with Gasteiger partial charge in [0.15, 0.2) is 5.78 Å². The fourth-order valence-corrected chi connectivity index (χ4v) is 2.78. The Kier molecular flexibility index (Phi) is 5.20. The molecule has 0 saturated carbocycles. The van der Waals surface area contributed by atoms with E-state index in [1.54, 1.807) is 33.0 Å². The molecule has 2 aromatic heterocycles. The molecule has 122 valence electrons. The number of esters is 1. The van der Waals surface area contributed by atoms with Crippen LogP contribution < -0.4 is 5.56 Å². The number of nitrogens with one attached hydrogen (secondary N) is 1. The zero-order valence-electron chi connectivity index (χ0n) is 13.1. The van der Waals surface area contributed by atoms with E-state index >= 15 is 0 Å². The van der Waals surface area contributed by atoms with E-state index in [4.69, 9.17) is 4.74 Å². The number of H-pyrrole nitrogens is 1. The number of ketones is 1. The van der Waals surface area contributed by atoms with Crippen LogP contribution in [0, 0.1) is 13.8 Å². The summed E-state index contributed by atoms with van der Waals surface area (Å²) in [6.45, 7) is 5.27. The van der Waals surface area contributed by atoms with Crippen molar-refractivity contribution in [2.75, 3.05) is 6.61 Å². The van der Waals surface area contributed by atoms with Gasteiger partial charge in [0, 0.05) is 22.4 Å². The van der Waals surface area contributed by atoms with Gasteiger partial charge in [0.1, 0.15) is 0 Å². The van der Waals surface area contributed by atoms with Crippen molar-refractivity contribution in [2.24, 2.45) is 0 Å². The van der Waals surface area contributed by atoms with Gasteiger partial charge in [-0.15, -0.1) is 0 Å². The van der Waals surface area contributed by atoms with Crippen molar-refractivity contribution in [2.45, 2.75) is 27.3 Å². The van der Waals surface area contributed by atoms with Crippen LogP contribution in [0.15, 0.2) is 27.6 Å². The number of carbonyl (C=O) groups is 2. The van der Waals surface area contributed by atoms with Gasteiger partial charge in [-0.25, -0.2) is 4.79 Å². The summed E-state index contributed by atoms with van der Waals surface area (Å²) in [6, 6.07) is 3.00. The number of pyridine rings is 1. The normalized spacial score (nSPS) is 10.6. The van der Waals surface area contributed by atoms with Crippen molar-refractivity contribution >= 4 is 27.7 Å². The van der Waals surface area contributed by atoms with Gasteiger partial charge in [0.05, 0.1) is 24.4 Å². The number of hydrogen-bond acceptors (Lipinski definition) is 4. The minimum absolute atomic E-state index is 0.110. The molecule has 0 aliphatic rings. The molecule has 0 radical (unpaired) electrons. The molecular formula is C16H17BrN2O4. The molecule has 7 heteroatoms. The van der Waals surface area contributed by atoms with Gasteiger partial charge in [-0.05, 0) is 48.3 Å². The summed E-state index contributed by atoms with van der Waals surface area (Å²) < 4.78 is 7.02. The summed E-state index contributed by atoms with van der Waals surface area (Å²) in [4.78, 5) is 39.2. The van der Waals surface area contributed by atoms with E-state index in [1.165, 1.54) is 10.6 Å². The molecule has 0 fully saturated rings. The first-order chi connectivity index (χ1) is 10.8. The topological polar surface area (TPSA) is 81.2 Å². The SMILES string of the molecule is CCOC(=O)c1c(C)[nH]c(C(=O)Cn2cc(Br)ccc2=O)c1C. The first-order valence-corrected chi connectivity index (χ1v) is 7.90. The predicted octanol–water partition coefficient (Wildman–Crippen LogP) is 2.62. The number of ether oxygens (including phenoxy) is 1. The summed E-state index contributed by atoms with van der Waals surface area (Å²) in [5, 5.41) is 0. The Morgan fingerprint density at radius 2 is 2.00 bits per heavy atom. The third kappa shape index (κ3) is 3.61. The lowest BCUT2D eigenvalue weighted by Gasteiger charge is -2.05. The average Bonchev–Trinajstić information content (AvgIpc) is 2.78. The van der Waals surface area contributed by atoms with Crippen molar-refractivity contribution in [1.82, 2.24) is 9.55 Å². The highest BCUT2D eigenvalue weighted by Gasteiger charge is 2.23. The number of carbonyl (C=O) groups excluding carboxylic acids is 2. The van der Waals surface area contributed by atoms with Gasteiger partial charge in [0.25, 0.3) is 5.56 Å². The molecule has 0 spiro atoms. The first-order valence-electron chi connectivity index (χ1n) is 7.10. The lowest BCUT2D eigenvalue weighted by atomic mass is 10.1. The minimum atomic E-state index is -0.461. The number of aromatic nitrogens is 2. The lowest BCUT2D eigenvalue weighted by Crippen LogP contribution is -2.23. The molecule has 0 atom stereocenters. The number of hydrogen-bond donors (Lipinski definition) is 1. The van der Waals surface area contributed by atoms with Crippen LogP contribution in [-0.4, -0.2) is 27.9 Å². The monoisotopic (exact) mass is 380 g/mol.